The summed E-state index contributed by atoms with van der Waals surface area (Å²) in [7, 11) is 1.71. The first-order valence-electron chi connectivity index (χ1n) is 10.7. The third kappa shape index (κ3) is 3.41. The van der Waals surface area contributed by atoms with E-state index in [9.17, 15) is 9.90 Å². The molecule has 2 aliphatic carbocycles. The van der Waals surface area contributed by atoms with Crippen molar-refractivity contribution in [2.45, 2.75) is 58.2 Å². The van der Waals surface area contributed by atoms with Gasteiger partial charge in [0.1, 0.15) is 5.92 Å². The van der Waals surface area contributed by atoms with Crippen LogP contribution in [0.15, 0.2) is 18.5 Å². The molecule has 1 aromatic rings. The van der Waals surface area contributed by atoms with Crippen LogP contribution < -0.4 is 10.7 Å². The lowest BCUT2D eigenvalue weighted by atomic mass is 9.99. The number of carbonyl (C=O) groups is 1. The number of rotatable bonds is 5. The fourth-order valence-electron chi connectivity index (χ4n) is 4.83. The van der Waals surface area contributed by atoms with Gasteiger partial charge in [-0.3, -0.25) is 10.2 Å². The quantitative estimate of drug-likeness (QED) is 0.486. The molecular formula is C22H30N4O3S. The average Bonchev–Trinajstić information content (AvgIpc) is 3.43. The smallest absolute Gasteiger partial charge is 0.315 e. The number of benzene rings is 1. The van der Waals surface area contributed by atoms with Gasteiger partial charge in [-0.25, -0.2) is 5.01 Å². The molecule has 1 aliphatic heterocycles. The lowest BCUT2D eigenvalue weighted by Crippen LogP contribution is -2.63. The van der Waals surface area contributed by atoms with Crippen molar-refractivity contribution in [2.24, 2.45) is 5.92 Å². The molecule has 0 saturated carbocycles. The minimum atomic E-state index is -1.63. The highest BCUT2D eigenvalue weighted by atomic mass is 32.1. The maximum absolute atomic E-state index is 12.3. The van der Waals surface area contributed by atoms with E-state index >= 15 is 0 Å². The SMILES string of the molecule is CCOC(=O)C(C)C1(O)N(C)C=CN1NC(=S)Nc1c2c(cc3c1CCC3)CCC2. The van der Waals surface area contributed by atoms with Crippen LogP contribution in [0.25, 0.3) is 0 Å². The number of thiocarbonyl (C=S) groups is 1. The van der Waals surface area contributed by atoms with Crippen LogP contribution in [0.5, 0.6) is 0 Å². The molecule has 0 spiro atoms. The number of anilines is 1. The molecule has 0 bridgehead atoms. The van der Waals surface area contributed by atoms with E-state index in [-0.39, 0.29) is 6.61 Å². The highest BCUT2D eigenvalue weighted by molar-refractivity contribution is 7.80. The van der Waals surface area contributed by atoms with Crippen molar-refractivity contribution in [3.8, 4) is 0 Å². The molecule has 0 aromatic heterocycles. The maximum Gasteiger partial charge on any atom is 0.315 e. The summed E-state index contributed by atoms with van der Waals surface area (Å²) in [4.78, 5) is 13.9. The third-order valence-corrected chi connectivity index (χ3v) is 6.66. The van der Waals surface area contributed by atoms with Gasteiger partial charge in [-0.05, 0) is 86.8 Å². The Morgan fingerprint density at radius 1 is 1.23 bits per heavy atom. The monoisotopic (exact) mass is 430 g/mol. The Labute approximate surface area is 183 Å². The molecular weight excluding hydrogens is 400 g/mol. The van der Waals surface area contributed by atoms with E-state index in [1.54, 1.807) is 38.2 Å². The number of nitrogens with zero attached hydrogens (tertiary/aromatic N) is 2. The maximum atomic E-state index is 12.3. The molecule has 0 fully saturated rings. The Bertz CT molecular complexity index is 871. The van der Waals surface area contributed by atoms with E-state index < -0.39 is 17.7 Å². The molecule has 3 N–H and O–H groups in total. The first-order valence-corrected chi connectivity index (χ1v) is 11.1. The van der Waals surface area contributed by atoms with Gasteiger partial charge in [-0.15, -0.1) is 0 Å². The van der Waals surface area contributed by atoms with Crippen molar-refractivity contribution >= 4 is 29.0 Å². The molecule has 0 saturated heterocycles. The number of esters is 1. The van der Waals surface area contributed by atoms with Crippen molar-refractivity contribution in [3.05, 3.63) is 40.7 Å². The minimum Gasteiger partial charge on any atom is -0.466 e. The van der Waals surface area contributed by atoms with Gasteiger partial charge in [0.05, 0.1) is 6.61 Å². The van der Waals surface area contributed by atoms with Crippen molar-refractivity contribution in [2.75, 3.05) is 19.0 Å². The van der Waals surface area contributed by atoms with Crippen molar-refractivity contribution < 1.29 is 14.6 Å². The van der Waals surface area contributed by atoms with Crippen LogP contribution in [0.2, 0.25) is 0 Å². The Morgan fingerprint density at radius 2 is 1.87 bits per heavy atom. The summed E-state index contributed by atoms with van der Waals surface area (Å²) >= 11 is 5.62. The Hall–Kier alpha value is -2.32. The number of fused-ring (bicyclic) bond motifs is 2. The molecule has 1 aromatic carbocycles. The van der Waals surface area contributed by atoms with Gasteiger partial charge in [-0.1, -0.05) is 6.07 Å². The van der Waals surface area contributed by atoms with E-state index in [4.69, 9.17) is 17.0 Å². The molecule has 2 unspecified atom stereocenters. The van der Waals surface area contributed by atoms with E-state index in [0.29, 0.717) is 5.11 Å². The number of hydrazine groups is 1. The number of carbonyl (C=O) groups excluding carboxylic acids is 1. The molecule has 162 valence electrons. The highest BCUT2D eigenvalue weighted by Gasteiger charge is 2.50. The zero-order chi connectivity index (χ0) is 21.5. The molecule has 4 rings (SSSR count). The summed E-state index contributed by atoms with van der Waals surface area (Å²) in [6, 6.07) is 2.38. The topological polar surface area (TPSA) is 77.1 Å². The van der Waals surface area contributed by atoms with Crippen LogP contribution >= 0.6 is 12.2 Å². The van der Waals surface area contributed by atoms with Gasteiger partial charge >= 0.3 is 5.97 Å². The second kappa shape index (κ2) is 8.07. The number of nitrogens with one attached hydrogen (secondary N) is 2. The minimum absolute atomic E-state index is 0.258. The average molecular weight is 431 g/mol. The number of aryl methyl sites for hydroxylation is 2. The second-order valence-corrected chi connectivity index (χ2v) is 8.65. The predicted octanol–water partition coefficient (Wildman–Crippen LogP) is 2.43. The molecule has 7 nitrogen and oxygen atoms in total. The zero-order valence-electron chi connectivity index (χ0n) is 17.8. The molecule has 2 atom stereocenters. The van der Waals surface area contributed by atoms with E-state index in [0.717, 1.165) is 31.4 Å². The molecule has 0 amide bonds. The first kappa shape index (κ1) is 20.9. The number of aliphatic hydroxyl groups is 1. The summed E-state index contributed by atoms with van der Waals surface area (Å²) in [5, 5.41) is 16.6. The Kier molecular flexibility index (Phi) is 5.63. The fourth-order valence-corrected chi connectivity index (χ4v) is 5.03. The summed E-state index contributed by atoms with van der Waals surface area (Å²) in [6.45, 7) is 3.65. The second-order valence-electron chi connectivity index (χ2n) is 8.24. The molecule has 30 heavy (non-hydrogen) atoms. The summed E-state index contributed by atoms with van der Waals surface area (Å²) in [5.74, 6) is -2.92. The summed E-state index contributed by atoms with van der Waals surface area (Å²) in [6.07, 6.45) is 10.1. The van der Waals surface area contributed by atoms with Crippen molar-refractivity contribution in [1.29, 1.82) is 0 Å². The lowest BCUT2D eigenvalue weighted by molar-refractivity contribution is -0.213. The predicted molar refractivity (Wildman–Crippen MR) is 119 cm³/mol. The lowest BCUT2D eigenvalue weighted by Gasteiger charge is -2.42. The normalized spacial score (nSPS) is 22.7. The van der Waals surface area contributed by atoms with Crippen LogP contribution in [0.3, 0.4) is 0 Å². The van der Waals surface area contributed by atoms with E-state index in [2.05, 4.69) is 16.8 Å². The van der Waals surface area contributed by atoms with Crippen LogP contribution in [0.4, 0.5) is 5.69 Å². The third-order valence-electron chi connectivity index (χ3n) is 6.47. The van der Waals surface area contributed by atoms with Gasteiger partial charge < -0.3 is 20.1 Å². The molecule has 8 heteroatoms. The summed E-state index contributed by atoms with van der Waals surface area (Å²) < 4.78 is 5.12. The molecule has 3 aliphatic rings. The zero-order valence-corrected chi connectivity index (χ0v) is 18.6. The molecule has 0 radical (unpaired) electrons. The van der Waals surface area contributed by atoms with Gasteiger partial charge in [0, 0.05) is 25.1 Å². The van der Waals surface area contributed by atoms with Gasteiger partial charge in [0.2, 0.25) is 5.85 Å². The Morgan fingerprint density at radius 3 is 2.47 bits per heavy atom. The van der Waals surface area contributed by atoms with Crippen LogP contribution in [-0.2, 0) is 35.2 Å². The first-order chi connectivity index (χ1) is 14.4. The van der Waals surface area contributed by atoms with Crippen molar-refractivity contribution in [1.82, 2.24) is 15.3 Å². The summed E-state index contributed by atoms with van der Waals surface area (Å²) in [5.41, 5.74) is 9.79. The number of ether oxygens (including phenoxy) is 1. The van der Waals surface area contributed by atoms with Crippen molar-refractivity contribution in [3.63, 3.8) is 0 Å². The van der Waals surface area contributed by atoms with Gasteiger partial charge in [-0.2, -0.15) is 0 Å². The Balaban J connectivity index is 1.53. The van der Waals surface area contributed by atoms with E-state index in [1.807, 2.05) is 0 Å². The van der Waals surface area contributed by atoms with Gasteiger partial charge in [0.15, 0.2) is 5.11 Å². The van der Waals surface area contributed by atoms with Crippen LogP contribution in [0, 0.1) is 5.92 Å². The van der Waals surface area contributed by atoms with Crippen LogP contribution in [-0.4, -0.2) is 45.6 Å². The van der Waals surface area contributed by atoms with E-state index in [1.165, 1.54) is 40.1 Å². The molecule has 1 heterocycles. The van der Waals surface area contributed by atoms with Gasteiger partial charge in [0.25, 0.3) is 0 Å². The fraction of sp³-hybridized carbons (Fsp3) is 0.545. The number of hydrogen-bond donors (Lipinski definition) is 3. The standard InChI is InChI=1S/C22H30N4O3S/c1-4-29-20(27)14(2)22(28)25(3)11-12-26(22)24-21(30)23-19-17-9-5-7-15(17)13-16-8-6-10-18(16)19/h11-14,28H,4-10H2,1-3H3,(H2,23,24,30). The van der Waals surface area contributed by atoms with Crippen LogP contribution in [0.1, 0.15) is 48.9 Å². The number of hydrogen-bond acceptors (Lipinski definition) is 6. The largest absolute Gasteiger partial charge is 0.466 e. The highest BCUT2D eigenvalue weighted by Crippen LogP contribution is 2.38.